The normalized spacial score (nSPS) is 20.0. The van der Waals surface area contributed by atoms with E-state index in [1.54, 1.807) is 14.2 Å². The van der Waals surface area contributed by atoms with Crippen LogP contribution < -0.4 is 15.2 Å². The van der Waals surface area contributed by atoms with Crippen LogP contribution in [0, 0.1) is 0 Å². The van der Waals surface area contributed by atoms with Crippen molar-refractivity contribution in [2.75, 3.05) is 53.6 Å². The van der Waals surface area contributed by atoms with Crippen LogP contribution in [0.3, 0.4) is 0 Å². The molecule has 0 saturated carbocycles. The zero-order chi connectivity index (χ0) is 18.8. The Morgan fingerprint density at radius 1 is 1.19 bits per heavy atom. The molecule has 146 valence electrons. The first-order valence-electron chi connectivity index (χ1n) is 9.46. The van der Waals surface area contributed by atoms with Crippen molar-refractivity contribution in [2.24, 2.45) is 15.7 Å². The molecule has 4 rings (SSSR count). The summed E-state index contributed by atoms with van der Waals surface area (Å²) in [5.74, 6) is 2.52. The third-order valence-corrected chi connectivity index (χ3v) is 5.30. The van der Waals surface area contributed by atoms with Gasteiger partial charge in [0.25, 0.3) is 0 Å². The highest BCUT2D eigenvalue weighted by Gasteiger charge is 2.31. The Labute approximate surface area is 159 Å². The molecule has 0 aromatic heterocycles. The minimum absolute atomic E-state index is 0.00658. The van der Waals surface area contributed by atoms with Crippen LogP contribution in [0.1, 0.15) is 18.4 Å². The van der Waals surface area contributed by atoms with E-state index in [1.165, 1.54) is 12.8 Å². The lowest BCUT2D eigenvalue weighted by molar-refractivity contribution is 0.0339. The Bertz CT molecular complexity index is 758. The highest BCUT2D eigenvalue weighted by atomic mass is 16.5. The van der Waals surface area contributed by atoms with Gasteiger partial charge in [-0.1, -0.05) is 0 Å². The van der Waals surface area contributed by atoms with Gasteiger partial charge < -0.3 is 24.8 Å². The molecule has 1 aromatic rings. The van der Waals surface area contributed by atoms with Crippen molar-refractivity contribution in [1.29, 1.82) is 0 Å². The van der Waals surface area contributed by atoms with E-state index in [9.17, 15) is 0 Å². The molecule has 8 nitrogen and oxygen atoms in total. The summed E-state index contributed by atoms with van der Waals surface area (Å²) in [6, 6.07) is 3.89. The van der Waals surface area contributed by atoms with Crippen LogP contribution in [0.5, 0.6) is 11.5 Å². The van der Waals surface area contributed by atoms with Gasteiger partial charge in [0.15, 0.2) is 11.5 Å². The minimum Gasteiger partial charge on any atom is -0.491 e. The average Bonchev–Trinajstić information content (AvgIpc) is 3.36. The fraction of sp³-hybridized carbons (Fsp3) is 0.579. The van der Waals surface area contributed by atoms with Crippen molar-refractivity contribution >= 4 is 17.5 Å². The molecule has 1 saturated heterocycles. The molecular formula is C19H27N5O3. The molecule has 1 unspecified atom stereocenters. The second-order valence-electron chi connectivity index (χ2n) is 7.00. The van der Waals surface area contributed by atoms with Gasteiger partial charge in [-0.15, -0.1) is 0 Å². The summed E-state index contributed by atoms with van der Waals surface area (Å²) in [6.07, 6.45) is 2.53. The van der Waals surface area contributed by atoms with Gasteiger partial charge in [-0.25, -0.2) is 4.99 Å². The molecular weight excluding hydrogens is 346 g/mol. The Morgan fingerprint density at radius 2 is 2.00 bits per heavy atom. The van der Waals surface area contributed by atoms with Crippen LogP contribution in [-0.2, 0) is 4.74 Å². The Balaban J connectivity index is 1.53. The molecule has 1 fully saturated rings. The molecule has 0 bridgehead atoms. The smallest absolute Gasteiger partial charge is 0.202 e. The van der Waals surface area contributed by atoms with Crippen LogP contribution in [0.2, 0.25) is 0 Å². The van der Waals surface area contributed by atoms with Gasteiger partial charge in [0, 0.05) is 25.8 Å². The van der Waals surface area contributed by atoms with Crippen LogP contribution in [0.4, 0.5) is 5.69 Å². The first-order chi connectivity index (χ1) is 13.2. The maximum Gasteiger partial charge on any atom is 0.202 e. The number of nitrogens with two attached hydrogens (primary N) is 1. The molecule has 1 aromatic carbocycles. The molecule has 0 radical (unpaired) electrons. The summed E-state index contributed by atoms with van der Waals surface area (Å²) in [5, 5.41) is 0. The van der Waals surface area contributed by atoms with E-state index in [2.05, 4.69) is 14.9 Å². The number of rotatable bonds is 7. The van der Waals surface area contributed by atoms with Crippen LogP contribution >= 0.6 is 0 Å². The molecule has 0 aliphatic carbocycles. The van der Waals surface area contributed by atoms with E-state index < -0.39 is 0 Å². The summed E-state index contributed by atoms with van der Waals surface area (Å²) < 4.78 is 17.3. The fourth-order valence-electron chi connectivity index (χ4n) is 3.86. The van der Waals surface area contributed by atoms with Gasteiger partial charge >= 0.3 is 0 Å². The number of benzene rings is 1. The molecule has 3 aliphatic rings. The van der Waals surface area contributed by atoms with Crippen molar-refractivity contribution in [3.8, 4) is 11.5 Å². The van der Waals surface area contributed by atoms with Crippen molar-refractivity contribution < 1.29 is 14.2 Å². The summed E-state index contributed by atoms with van der Waals surface area (Å²) in [4.78, 5) is 13.5. The number of guanidine groups is 1. The first-order valence-corrected chi connectivity index (χ1v) is 9.46. The number of fused-ring (bicyclic) bond motifs is 3. The van der Waals surface area contributed by atoms with Crippen molar-refractivity contribution in [2.45, 2.75) is 18.9 Å². The van der Waals surface area contributed by atoms with E-state index in [0.717, 1.165) is 44.1 Å². The number of methoxy groups -OCH3 is 2. The maximum absolute atomic E-state index is 6.12. The molecule has 0 amide bonds. The Kier molecular flexibility index (Phi) is 5.18. The second kappa shape index (κ2) is 7.74. The van der Waals surface area contributed by atoms with Gasteiger partial charge in [-0.2, -0.15) is 0 Å². The van der Waals surface area contributed by atoms with Crippen molar-refractivity contribution in [3.63, 3.8) is 0 Å². The van der Waals surface area contributed by atoms with E-state index in [1.807, 2.05) is 17.0 Å². The maximum atomic E-state index is 6.12. The fourth-order valence-corrected chi connectivity index (χ4v) is 3.86. The lowest BCUT2D eigenvalue weighted by Crippen LogP contribution is -2.42. The number of likely N-dealkylation sites (tertiary alicyclic amines) is 1. The van der Waals surface area contributed by atoms with Gasteiger partial charge in [0.1, 0.15) is 24.2 Å². The summed E-state index contributed by atoms with van der Waals surface area (Å²) >= 11 is 0. The number of hydrogen-bond acceptors (Lipinski definition) is 8. The van der Waals surface area contributed by atoms with Crippen molar-refractivity contribution in [3.05, 3.63) is 17.7 Å². The van der Waals surface area contributed by atoms with E-state index in [-0.39, 0.29) is 6.10 Å². The van der Waals surface area contributed by atoms with E-state index in [0.29, 0.717) is 29.8 Å². The number of ether oxygens (including phenoxy) is 3. The highest BCUT2D eigenvalue weighted by Crippen LogP contribution is 2.43. The second-order valence-corrected chi connectivity index (χ2v) is 7.00. The van der Waals surface area contributed by atoms with E-state index in [4.69, 9.17) is 19.9 Å². The zero-order valence-corrected chi connectivity index (χ0v) is 16.0. The quantitative estimate of drug-likeness (QED) is 0.773. The van der Waals surface area contributed by atoms with Gasteiger partial charge in [0.2, 0.25) is 5.96 Å². The topological polar surface area (TPSA) is 84.9 Å². The molecule has 8 heteroatoms. The molecule has 3 aliphatic heterocycles. The molecule has 0 spiro atoms. The van der Waals surface area contributed by atoms with Crippen LogP contribution in [0.25, 0.3) is 0 Å². The summed E-state index contributed by atoms with van der Waals surface area (Å²) in [7, 11) is 3.35. The molecule has 27 heavy (non-hydrogen) atoms. The summed E-state index contributed by atoms with van der Waals surface area (Å²) in [6.45, 7) is 5.08. The number of aliphatic imine (C=N–C) groups is 2. The minimum atomic E-state index is 0.00658. The number of hydrogen-bond donors (Lipinski definition) is 1. The lowest BCUT2D eigenvalue weighted by atomic mass is 10.1. The summed E-state index contributed by atoms with van der Waals surface area (Å²) in [5.41, 5.74) is 7.72. The first kappa shape index (κ1) is 18.1. The van der Waals surface area contributed by atoms with Gasteiger partial charge in [0.05, 0.1) is 13.7 Å². The number of nitrogens with zero attached hydrogens (tertiary/aromatic N) is 4. The van der Waals surface area contributed by atoms with Gasteiger partial charge in [-0.05, 0) is 38.1 Å². The third kappa shape index (κ3) is 3.46. The van der Waals surface area contributed by atoms with E-state index >= 15 is 0 Å². The van der Waals surface area contributed by atoms with Crippen LogP contribution in [0.15, 0.2) is 22.1 Å². The monoisotopic (exact) mass is 373 g/mol. The zero-order valence-electron chi connectivity index (χ0n) is 16.0. The molecule has 1 atom stereocenters. The van der Waals surface area contributed by atoms with Gasteiger partial charge in [-0.3, -0.25) is 9.89 Å². The predicted molar refractivity (Wildman–Crippen MR) is 104 cm³/mol. The Hall–Kier alpha value is -2.32. The number of amidine groups is 1. The molecule has 3 heterocycles. The van der Waals surface area contributed by atoms with Crippen molar-refractivity contribution in [1.82, 2.24) is 9.80 Å². The standard InChI is InChI=1S/C19H27N5O3/c1-25-13(11-23-8-3-4-9-23)12-27-15-6-5-14-16(17(15)26-2)22-19(20)24-10-7-21-18(14)24/h5-6,13H,3-4,7-12H2,1-2H3,(H2,20,22). The highest BCUT2D eigenvalue weighted by molar-refractivity contribution is 6.16. The predicted octanol–water partition coefficient (Wildman–Crippen LogP) is 1.21. The SMILES string of the molecule is COc1c(OCC(CN2CCCC2)OC)ccc2c1N=C(N)N1CCN=C21. The average molecular weight is 373 g/mol. The largest absolute Gasteiger partial charge is 0.491 e. The third-order valence-electron chi connectivity index (χ3n) is 5.30. The lowest BCUT2D eigenvalue weighted by Gasteiger charge is -2.27. The van der Waals surface area contributed by atoms with Crippen LogP contribution in [-0.4, -0.2) is 81.2 Å². The molecule has 2 N–H and O–H groups in total. The Morgan fingerprint density at radius 3 is 2.74 bits per heavy atom.